The van der Waals surface area contributed by atoms with E-state index in [0.717, 1.165) is 5.56 Å². The first-order valence-electron chi connectivity index (χ1n) is 7.89. The zero-order chi connectivity index (χ0) is 17.9. The van der Waals surface area contributed by atoms with Gasteiger partial charge in [0.25, 0.3) is 11.8 Å². The van der Waals surface area contributed by atoms with Crippen LogP contribution in [0.4, 0.5) is 0 Å². The van der Waals surface area contributed by atoms with Gasteiger partial charge in [-0.2, -0.15) is 0 Å². The minimum absolute atomic E-state index is 0.169. The third-order valence-corrected chi connectivity index (χ3v) is 3.29. The largest absolute Gasteiger partial charge is 0.347 e. The van der Waals surface area contributed by atoms with Crippen molar-refractivity contribution in [2.75, 3.05) is 6.54 Å². The molecule has 0 aromatic heterocycles. The fourth-order valence-electron chi connectivity index (χ4n) is 2.04. The van der Waals surface area contributed by atoms with Crippen LogP contribution < -0.4 is 10.6 Å². The summed E-state index contributed by atoms with van der Waals surface area (Å²) in [6.45, 7) is 3.89. The van der Waals surface area contributed by atoms with E-state index in [2.05, 4.69) is 17.2 Å². The normalized spacial score (nSPS) is 11.1. The van der Waals surface area contributed by atoms with Crippen LogP contribution in [0.25, 0.3) is 6.08 Å². The Labute approximate surface area is 147 Å². The first-order valence-corrected chi connectivity index (χ1v) is 7.89. The van der Waals surface area contributed by atoms with Gasteiger partial charge >= 0.3 is 0 Å². The van der Waals surface area contributed by atoms with Crippen LogP contribution in [0.3, 0.4) is 0 Å². The van der Waals surface area contributed by atoms with Gasteiger partial charge in [-0.05, 0) is 23.8 Å². The quantitative estimate of drug-likeness (QED) is 0.464. The van der Waals surface area contributed by atoms with Crippen molar-refractivity contribution in [3.8, 4) is 0 Å². The van der Waals surface area contributed by atoms with Gasteiger partial charge < -0.3 is 10.6 Å². The number of benzene rings is 2. The number of allylic oxidation sites excluding steroid dienone is 2. The number of amides is 2. The Morgan fingerprint density at radius 2 is 1.60 bits per heavy atom. The Morgan fingerprint density at radius 3 is 2.24 bits per heavy atom. The van der Waals surface area contributed by atoms with Crippen molar-refractivity contribution in [3.05, 3.63) is 102 Å². The Kier molecular flexibility index (Phi) is 6.95. The van der Waals surface area contributed by atoms with Gasteiger partial charge in [0.1, 0.15) is 5.70 Å². The second-order valence-corrected chi connectivity index (χ2v) is 5.17. The van der Waals surface area contributed by atoms with Crippen molar-refractivity contribution in [1.29, 1.82) is 0 Å². The summed E-state index contributed by atoms with van der Waals surface area (Å²) >= 11 is 0. The lowest BCUT2D eigenvalue weighted by molar-refractivity contribution is -0.117. The molecule has 0 atom stereocenters. The molecule has 0 bridgehead atoms. The highest BCUT2D eigenvalue weighted by Crippen LogP contribution is 2.04. The van der Waals surface area contributed by atoms with Gasteiger partial charge in [-0.1, -0.05) is 66.8 Å². The summed E-state index contributed by atoms with van der Waals surface area (Å²) in [6.07, 6.45) is 6.74. The van der Waals surface area contributed by atoms with E-state index in [1.54, 1.807) is 42.5 Å². The molecule has 4 nitrogen and oxygen atoms in total. The maximum atomic E-state index is 12.3. The molecular formula is C21H20N2O2. The molecule has 0 saturated heterocycles. The average molecular weight is 332 g/mol. The van der Waals surface area contributed by atoms with Crippen molar-refractivity contribution in [1.82, 2.24) is 10.6 Å². The lowest BCUT2D eigenvalue weighted by atomic mass is 10.2. The molecule has 0 aliphatic rings. The van der Waals surface area contributed by atoms with E-state index in [9.17, 15) is 9.59 Å². The van der Waals surface area contributed by atoms with Crippen LogP contribution in [0.15, 0.2) is 91.2 Å². The van der Waals surface area contributed by atoms with Crippen LogP contribution in [-0.4, -0.2) is 18.4 Å². The van der Waals surface area contributed by atoms with Crippen molar-refractivity contribution < 1.29 is 9.59 Å². The second kappa shape index (κ2) is 9.67. The zero-order valence-electron chi connectivity index (χ0n) is 13.8. The summed E-state index contributed by atoms with van der Waals surface area (Å²) in [5, 5.41) is 5.32. The SMILES string of the molecule is C=CCNC(=O)/C(=C\C=C/c1ccccc1)NC(=O)c1ccccc1. The van der Waals surface area contributed by atoms with Crippen molar-refractivity contribution in [2.45, 2.75) is 0 Å². The Balaban J connectivity index is 2.16. The van der Waals surface area contributed by atoms with Crippen molar-refractivity contribution in [3.63, 3.8) is 0 Å². The van der Waals surface area contributed by atoms with Gasteiger partial charge in [0.05, 0.1) is 0 Å². The number of hydrogen-bond donors (Lipinski definition) is 2. The highest BCUT2D eigenvalue weighted by molar-refractivity contribution is 6.03. The smallest absolute Gasteiger partial charge is 0.268 e. The van der Waals surface area contributed by atoms with Crippen LogP contribution in [0.2, 0.25) is 0 Å². The summed E-state index contributed by atoms with van der Waals surface area (Å²) in [6, 6.07) is 18.4. The summed E-state index contributed by atoms with van der Waals surface area (Å²) < 4.78 is 0. The molecule has 25 heavy (non-hydrogen) atoms. The molecule has 2 aromatic carbocycles. The molecule has 2 aromatic rings. The maximum absolute atomic E-state index is 12.3. The molecule has 2 rings (SSSR count). The monoisotopic (exact) mass is 332 g/mol. The van der Waals surface area contributed by atoms with E-state index in [1.807, 2.05) is 42.5 Å². The molecule has 0 unspecified atom stereocenters. The number of carbonyl (C=O) groups excluding carboxylic acids is 2. The predicted octanol–water partition coefficient (Wildman–Crippen LogP) is 3.32. The molecule has 0 heterocycles. The fourth-order valence-corrected chi connectivity index (χ4v) is 2.04. The molecule has 2 N–H and O–H groups in total. The van der Waals surface area contributed by atoms with Crippen molar-refractivity contribution in [2.24, 2.45) is 0 Å². The summed E-state index contributed by atoms with van der Waals surface area (Å²) in [5.41, 5.74) is 1.65. The van der Waals surface area contributed by atoms with E-state index in [4.69, 9.17) is 0 Å². The van der Waals surface area contributed by atoms with E-state index >= 15 is 0 Å². The lowest BCUT2D eigenvalue weighted by Gasteiger charge is -2.09. The average Bonchev–Trinajstić information content (AvgIpc) is 2.66. The van der Waals surface area contributed by atoms with E-state index < -0.39 is 0 Å². The summed E-state index contributed by atoms with van der Waals surface area (Å²) in [4.78, 5) is 24.5. The maximum Gasteiger partial charge on any atom is 0.268 e. The van der Waals surface area contributed by atoms with Gasteiger partial charge in [0.2, 0.25) is 0 Å². The number of carbonyl (C=O) groups is 2. The van der Waals surface area contributed by atoms with Crippen LogP contribution in [-0.2, 0) is 4.79 Å². The number of nitrogens with one attached hydrogen (secondary N) is 2. The van der Waals surface area contributed by atoms with Crippen molar-refractivity contribution >= 4 is 17.9 Å². The summed E-state index contributed by atoms with van der Waals surface area (Å²) in [5.74, 6) is -0.712. The molecule has 0 saturated carbocycles. The van der Waals surface area contributed by atoms with Crippen LogP contribution in [0.1, 0.15) is 15.9 Å². The van der Waals surface area contributed by atoms with Gasteiger partial charge in [-0.25, -0.2) is 0 Å². The minimum atomic E-state index is -0.373. The van der Waals surface area contributed by atoms with E-state index in [0.29, 0.717) is 12.1 Å². The van der Waals surface area contributed by atoms with Gasteiger partial charge in [-0.15, -0.1) is 6.58 Å². The lowest BCUT2D eigenvalue weighted by Crippen LogP contribution is -2.34. The molecule has 0 aliphatic carbocycles. The second-order valence-electron chi connectivity index (χ2n) is 5.17. The van der Waals surface area contributed by atoms with E-state index in [-0.39, 0.29) is 17.5 Å². The van der Waals surface area contributed by atoms with Crippen LogP contribution in [0.5, 0.6) is 0 Å². The highest BCUT2D eigenvalue weighted by atomic mass is 16.2. The third-order valence-electron chi connectivity index (χ3n) is 3.29. The molecule has 0 radical (unpaired) electrons. The first-order chi connectivity index (χ1) is 12.2. The minimum Gasteiger partial charge on any atom is -0.347 e. The molecule has 0 spiro atoms. The highest BCUT2D eigenvalue weighted by Gasteiger charge is 2.12. The number of hydrogen-bond acceptors (Lipinski definition) is 2. The van der Waals surface area contributed by atoms with Gasteiger partial charge in [0, 0.05) is 12.1 Å². The van der Waals surface area contributed by atoms with Gasteiger partial charge in [0.15, 0.2) is 0 Å². The topological polar surface area (TPSA) is 58.2 Å². The molecule has 0 fully saturated rings. The molecule has 2 amide bonds. The van der Waals surface area contributed by atoms with Crippen LogP contribution >= 0.6 is 0 Å². The standard InChI is InChI=1S/C21H20N2O2/c1-2-16-22-21(25)19(15-9-12-17-10-5-3-6-11-17)23-20(24)18-13-7-4-8-14-18/h2-15H,1,16H2,(H,22,25)(H,23,24)/b12-9-,19-15+. The summed E-state index contributed by atoms with van der Waals surface area (Å²) in [7, 11) is 0. The Morgan fingerprint density at radius 1 is 0.960 bits per heavy atom. The molecule has 0 aliphatic heterocycles. The predicted molar refractivity (Wildman–Crippen MR) is 101 cm³/mol. The molecule has 4 heteroatoms. The molecule has 126 valence electrons. The Hall–Kier alpha value is -3.40. The van der Waals surface area contributed by atoms with Crippen LogP contribution in [0, 0.1) is 0 Å². The first kappa shape index (κ1) is 17.9. The number of rotatable bonds is 7. The third kappa shape index (κ3) is 5.95. The van der Waals surface area contributed by atoms with E-state index in [1.165, 1.54) is 0 Å². The Bertz CT molecular complexity index is 778. The molecular weight excluding hydrogens is 312 g/mol. The zero-order valence-corrected chi connectivity index (χ0v) is 13.8. The fraction of sp³-hybridized carbons (Fsp3) is 0.0476. The van der Waals surface area contributed by atoms with Gasteiger partial charge in [-0.3, -0.25) is 9.59 Å².